The minimum absolute atomic E-state index is 0.0718. The van der Waals surface area contributed by atoms with Crippen molar-refractivity contribution in [3.05, 3.63) is 84.4 Å². The Bertz CT molecular complexity index is 1470. The number of sulfone groups is 1. The van der Waals surface area contributed by atoms with Crippen LogP contribution >= 0.6 is 0 Å². The Morgan fingerprint density at radius 3 is 2.04 bits per heavy atom. The molecule has 5 N–H and O–H groups in total. The molecule has 3 aromatic carbocycles. The largest absolute Gasteiger partial charge is 0.497 e. The van der Waals surface area contributed by atoms with Gasteiger partial charge in [-0.15, -0.1) is 0 Å². The van der Waals surface area contributed by atoms with Gasteiger partial charge in [0, 0.05) is 6.54 Å². The normalized spacial score (nSPS) is 13.8. The highest BCUT2D eigenvalue weighted by Crippen LogP contribution is 2.25. The Morgan fingerprint density at radius 2 is 1.49 bits per heavy atom. The third kappa shape index (κ3) is 10.4. The monoisotopic (exact) mass is 639 g/mol. The summed E-state index contributed by atoms with van der Waals surface area (Å²) in [5.41, 5.74) is 4.44. The number of hydrogen-bond donors (Lipinski definition) is 5. The zero-order valence-corrected chi connectivity index (χ0v) is 27.1. The van der Waals surface area contributed by atoms with Gasteiger partial charge in [0.2, 0.25) is 11.8 Å². The van der Waals surface area contributed by atoms with Gasteiger partial charge < -0.3 is 20.5 Å². The van der Waals surface area contributed by atoms with E-state index in [-0.39, 0.29) is 24.5 Å². The van der Waals surface area contributed by atoms with E-state index in [1.807, 2.05) is 75.4 Å². The number of methoxy groups -OCH3 is 1. The van der Waals surface area contributed by atoms with E-state index in [1.165, 1.54) is 31.4 Å². The highest BCUT2D eigenvalue weighted by Gasteiger charge is 2.36. The average Bonchev–Trinajstić information content (AvgIpc) is 3.04. The van der Waals surface area contributed by atoms with Crippen LogP contribution in [0, 0.1) is 17.3 Å². The molecular weight excluding hydrogens is 594 g/mol. The molecule has 0 aliphatic heterocycles. The molecule has 244 valence electrons. The van der Waals surface area contributed by atoms with Crippen LogP contribution in [0.5, 0.6) is 5.75 Å². The number of carbonyl (C=O) groups is 2. The summed E-state index contributed by atoms with van der Waals surface area (Å²) in [5.74, 6) is -3.27. The van der Waals surface area contributed by atoms with Gasteiger partial charge in [-0.3, -0.25) is 14.8 Å². The predicted octanol–water partition coefficient (Wildman–Crippen LogP) is 3.97. The Morgan fingerprint density at radius 1 is 0.867 bits per heavy atom. The fraction of sp³-hybridized carbons (Fsp3) is 0.412. The summed E-state index contributed by atoms with van der Waals surface area (Å²) in [6.07, 6.45) is 1.45. The van der Waals surface area contributed by atoms with E-state index in [1.54, 1.807) is 5.48 Å². The first-order valence-electron chi connectivity index (χ1n) is 15.0. The van der Waals surface area contributed by atoms with Crippen LogP contribution in [0.2, 0.25) is 0 Å². The fourth-order valence-corrected chi connectivity index (χ4v) is 6.17. The van der Waals surface area contributed by atoms with E-state index >= 15 is 0 Å². The van der Waals surface area contributed by atoms with Crippen molar-refractivity contribution in [3.8, 4) is 16.9 Å². The number of benzene rings is 3. The second-order valence-corrected chi connectivity index (χ2v) is 14.1. The van der Waals surface area contributed by atoms with Crippen LogP contribution < -0.4 is 20.9 Å². The van der Waals surface area contributed by atoms with Crippen molar-refractivity contribution < 1.29 is 33.1 Å². The van der Waals surface area contributed by atoms with Gasteiger partial charge in [-0.05, 0) is 65.6 Å². The van der Waals surface area contributed by atoms with Crippen molar-refractivity contribution in [1.29, 1.82) is 0 Å². The molecule has 11 heteroatoms. The van der Waals surface area contributed by atoms with Crippen LogP contribution in [0.3, 0.4) is 0 Å². The van der Waals surface area contributed by atoms with Gasteiger partial charge in [0.05, 0.1) is 36.5 Å². The van der Waals surface area contributed by atoms with Crippen molar-refractivity contribution in [3.63, 3.8) is 0 Å². The van der Waals surface area contributed by atoms with Crippen molar-refractivity contribution in [1.82, 2.24) is 16.1 Å². The van der Waals surface area contributed by atoms with Gasteiger partial charge in [0.15, 0.2) is 9.84 Å². The summed E-state index contributed by atoms with van der Waals surface area (Å²) < 4.78 is 31.0. The lowest BCUT2D eigenvalue weighted by Gasteiger charge is -2.33. The molecule has 2 amide bonds. The molecule has 2 unspecified atom stereocenters. The number of carbonyl (C=O) groups excluding carboxylic acids is 2. The van der Waals surface area contributed by atoms with Gasteiger partial charge in [0.1, 0.15) is 11.6 Å². The molecular formula is C34H45N3O7S. The second kappa shape index (κ2) is 16.5. The number of aliphatic hydroxyl groups is 1. The smallest absolute Gasteiger partial charge is 0.248 e. The molecule has 3 atom stereocenters. The maximum Gasteiger partial charge on any atom is 0.248 e. The van der Waals surface area contributed by atoms with E-state index in [0.717, 1.165) is 16.7 Å². The van der Waals surface area contributed by atoms with E-state index in [2.05, 4.69) is 10.6 Å². The zero-order valence-electron chi connectivity index (χ0n) is 26.3. The summed E-state index contributed by atoms with van der Waals surface area (Å²) in [6.45, 7) is 5.15. The molecule has 10 nitrogen and oxygen atoms in total. The van der Waals surface area contributed by atoms with Gasteiger partial charge in [-0.25, -0.2) is 13.9 Å². The molecule has 0 bridgehead atoms. The van der Waals surface area contributed by atoms with E-state index in [4.69, 9.17) is 4.74 Å². The maximum atomic E-state index is 13.7. The third-order valence-corrected chi connectivity index (χ3v) is 9.50. The molecule has 45 heavy (non-hydrogen) atoms. The number of rotatable bonds is 16. The molecule has 0 spiro atoms. The van der Waals surface area contributed by atoms with Crippen molar-refractivity contribution in [2.45, 2.75) is 51.0 Å². The molecule has 0 aromatic heterocycles. The van der Waals surface area contributed by atoms with Crippen LogP contribution in [0.1, 0.15) is 39.2 Å². The molecule has 0 aliphatic carbocycles. The number of aliphatic hydroxyl groups excluding tert-OH is 1. The molecule has 0 saturated heterocycles. The first-order chi connectivity index (χ1) is 21.4. The van der Waals surface area contributed by atoms with Crippen LogP contribution in [0.4, 0.5) is 0 Å². The van der Waals surface area contributed by atoms with E-state index in [9.17, 15) is 28.3 Å². The molecule has 0 heterocycles. The molecule has 3 aromatic rings. The highest BCUT2D eigenvalue weighted by atomic mass is 32.2. The number of amides is 2. The zero-order chi connectivity index (χ0) is 33.0. The fourth-order valence-electron chi connectivity index (χ4n) is 5.07. The van der Waals surface area contributed by atoms with Crippen molar-refractivity contribution >= 4 is 21.7 Å². The Balaban J connectivity index is 1.76. The Hall–Kier alpha value is -3.77. The summed E-state index contributed by atoms with van der Waals surface area (Å²) in [4.78, 5) is 26.7. The third-order valence-electron chi connectivity index (χ3n) is 7.93. The highest BCUT2D eigenvalue weighted by molar-refractivity contribution is 7.91. The van der Waals surface area contributed by atoms with Gasteiger partial charge in [-0.2, -0.15) is 0 Å². The molecule has 0 fully saturated rings. The van der Waals surface area contributed by atoms with Crippen LogP contribution in [-0.4, -0.2) is 62.7 Å². The SMILES string of the molecule is COc1ccc(S(=O)(=O)CNCC(C(=O)NO)C(CCCc2ccc(-c3ccccc3)cc2)C(=O)N[C@H](CO)C(C)(C)C)cc1. The number of nitrogens with one attached hydrogen (secondary N) is 3. The van der Waals surface area contributed by atoms with E-state index < -0.39 is 50.8 Å². The maximum absolute atomic E-state index is 13.7. The minimum Gasteiger partial charge on any atom is -0.497 e. The summed E-state index contributed by atoms with van der Waals surface area (Å²) in [5, 5.41) is 25.2. The lowest BCUT2D eigenvalue weighted by atomic mass is 9.83. The van der Waals surface area contributed by atoms with Gasteiger partial charge >= 0.3 is 0 Å². The molecule has 0 aliphatic rings. The number of hydroxylamine groups is 1. The molecule has 0 saturated carbocycles. The molecule has 3 rings (SSSR count). The summed E-state index contributed by atoms with van der Waals surface area (Å²) >= 11 is 0. The van der Waals surface area contributed by atoms with Crippen LogP contribution in [-0.2, 0) is 25.8 Å². The lowest BCUT2D eigenvalue weighted by molar-refractivity contribution is -0.141. The van der Waals surface area contributed by atoms with Gasteiger partial charge in [0.25, 0.3) is 0 Å². The second-order valence-electron chi connectivity index (χ2n) is 12.1. The quantitative estimate of drug-likeness (QED) is 0.117. The number of hydrogen-bond acceptors (Lipinski definition) is 8. The van der Waals surface area contributed by atoms with Crippen LogP contribution in [0.25, 0.3) is 11.1 Å². The first-order valence-corrected chi connectivity index (χ1v) is 16.6. The van der Waals surface area contributed by atoms with Crippen LogP contribution in [0.15, 0.2) is 83.8 Å². The number of ether oxygens (including phenoxy) is 1. The van der Waals surface area contributed by atoms with Crippen molar-refractivity contribution in [2.24, 2.45) is 17.3 Å². The Labute approximate surface area is 266 Å². The van der Waals surface area contributed by atoms with Gasteiger partial charge in [-0.1, -0.05) is 75.4 Å². The topological polar surface area (TPSA) is 154 Å². The number of aryl methyl sites for hydroxylation is 1. The van der Waals surface area contributed by atoms with Crippen molar-refractivity contribution in [2.75, 3.05) is 26.1 Å². The summed E-state index contributed by atoms with van der Waals surface area (Å²) in [6, 6.07) is 23.5. The minimum atomic E-state index is -3.77. The standard InChI is InChI=1S/C34H45N3O7S/c1-34(2,3)31(22-38)36-32(39)29(12-8-9-24-13-15-26(16-14-24)25-10-6-5-7-11-25)30(33(40)37-41)21-35-23-45(42,43)28-19-17-27(44-4)18-20-28/h5-7,10-11,13-20,29-31,35,38,41H,8-9,12,21-23H2,1-4H3,(H,36,39)(H,37,40)/t29?,30?,31-/m1/s1. The average molecular weight is 640 g/mol. The predicted molar refractivity (Wildman–Crippen MR) is 173 cm³/mol. The lowest BCUT2D eigenvalue weighted by Crippen LogP contribution is -2.52. The molecule has 0 radical (unpaired) electrons. The Kier molecular flexibility index (Phi) is 13.1. The first kappa shape index (κ1) is 35.7. The summed E-state index contributed by atoms with van der Waals surface area (Å²) in [7, 11) is -2.29. The van der Waals surface area contributed by atoms with E-state index in [0.29, 0.717) is 18.6 Å².